The molecule has 2 aromatic rings. The third-order valence-electron chi connectivity index (χ3n) is 3.65. The number of aromatic nitrogens is 1. The van der Waals surface area contributed by atoms with Crippen LogP contribution >= 0.6 is 11.3 Å². The van der Waals surface area contributed by atoms with Crippen LogP contribution in [0.4, 0.5) is 17.6 Å². The van der Waals surface area contributed by atoms with E-state index in [1.807, 2.05) is 6.92 Å². The number of nitrogens with zero attached hydrogens (tertiary/aromatic N) is 2. The normalized spacial score (nSPS) is 11.5. The van der Waals surface area contributed by atoms with Crippen LogP contribution in [0, 0.1) is 12.7 Å². The zero-order valence-electron chi connectivity index (χ0n) is 15.0. The molecule has 9 heteroatoms. The molecule has 1 aromatic heterocycles. The molecule has 27 heavy (non-hydrogen) atoms. The lowest BCUT2D eigenvalue weighted by Crippen LogP contribution is -2.39. The van der Waals surface area contributed by atoms with Gasteiger partial charge in [0.1, 0.15) is 34.6 Å². The number of rotatable bonds is 8. The summed E-state index contributed by atoms with van der Waals surface area (Å²) in [5.41, 5.74) is 0.367. The van der Waals surface area contributed by atoms with Crippen molar-refractivity contribution in [2.45, 2.75) is 39.5 Å². The van der Waals surface area contributed by atoms with Crippen LogP contribution in [-0.2, 0) is 6.61 Å². The Morgan fingerprint density at radius 3 is 2.52 bits per heavy atom. The summed E-state index contributed by atoms with van der Waals surface area (Å²) in [6.45, 7) is 2.21. The number of alkyl halides is 3. The van der Waals surface area contributed by atoms with E-state index in [0.29, 0.717) is 29.3 Å². The lowest BCUT2D eigenvalue weighted by Gasteiger charge is -2.23. The molecule has 4 nitrogen and oxygen atoms in total. The van der Waals surface area contributed by atoms with Crippen LogP contribution in [0.15, 0.2) is 24.3 Å². The number of benzene rings is 1. The van der Waals surface area contributed by atoms with E-state index >= 15 is 0 Å². The lowest BCUT2D eigenvalue weighted by atomic mass is 10.2. The topological polar surface area (TPSA) is 42.4 Å². The number of unbranched alkanes of at least 4 members (excludes halogenated alkanes) is 1. The number of carbonyl (C=O) groups is 1. The van der Waals surface area contributed by atoms with Gasteiger partial charge in [0.05, 0.1) is 5.69 Å². The summed E-state index contributed by atoms with van der Waals surface area (Å²) >= 11 is 1.01. The Morgan fingerprint density at radius 2 is 1.93 bits per heavy atom. The zero-order chi connectivity index (χ0) is 20.0. The Balaban J connectivity index is 2.09. The van der Waals surface area contributed by atoms with Gasteiger partial charge in [0.25, 0.3) is 5.91 Å². The molecule has 0 radical (unpaired) electrons. The predicted molar refractivity (Wildman–Crippen MR) is 94.4 cm³/mol. The molecule has 0 aliphatic heterocycles. The van der Waals surface area contributed by atoms with Gasteiger partial charge in [-0.3, -0.25) is 4.79 Å². The van der Waals surface area contributed by atoms with Crippen molar-refractivity contribution in [2.75, 3.05) is 13.1 Å². The number of halogens is 4. The summed E-state index contributed by atoms with van der Waals surface area (Å²) in [6.07, 6.45) is -3.29. The van der Waals surface area contributed by atoms with Gasteiger partial charge in [-0.25, -0.2) is 9.37 Å². The van der Waals surface area contributed by atoms with Gasteiger partial charge in [-0.1, -0.05) is 13.3 Å². The largest absolute Gasteiger partial charge is 0.486 e. The minimum atomic E-state index is -4.46. The lowest BCUT2D eigenvalue weighted by molar-refractivity contribution is -0.140. The minimum absolute atomic E-state index is 0.0353. The van der Waals surface area contributed by atoms with Crippen LogP contribution in [0.3, 0.4) is 0 Å². The SMILES string of the molecule is CCCCN(CC(F)(F)F)C(=O)c1sc(COc2ccc(F)cc2)nc1C. The average molecular weight is 404 g/mol. The van der Waals surface area contributed by atoms with Crippen molar-refractivity contribution in [1.82, 2.24) is 9.88 Å². The average Bonchev–Trinajstić information content (AvgIpc) is 2.97. The quantitative estimate of drug-likeness (QED) is 0.583. The second kappa shape index (κ2) is 9.16. The fraction of sp³-hybridized carbons (Fsp3) is 0.444. The van der Waals surface area contributed by atoms with E-state index < -0.39 is 24.4 Å². The maximum Gasteiger partial charge on any atom is 0.406 e. The van der Waals surface area contributed by atoms with Crippen LogP contribution in [0.1, 0.15) is 40.1 Å². The maximum atomic E-state index is 12.9. The predicted octanol–water partition coefficient (Wildman–Crippen LogP) is 4.97. The van der Waals surface area contributed by atoms with Gasteiger partial charge in [-0.2, -0.15) is 13.2 Å². The molecule has 148 valence electrons. The van der Waals surface area contributed by atoms with Crippen LogP contribution in [0.5, 0.6) is 5.75 Å². The van der Waals surface area contributed by atoms with Gasteiger partial charge >= 0.3 is 6.18 Å². The third kappa shape index (κ3) is 6.50. The van der Waals surface area contributed by atoms with Gasteiger partial charge < -0.3 is 9.64 Å². The molecule has 0 atom stereocenters. The molecule has 0 N–H and O–H groups in total. The van der Waals surface area contributed by atoms with Gasteiger partial charge in [-0.15, -0.1) is 11.3 Å². The molecular formula is C18H20F4N2O2S. The monoisotopic (exact) mass is 404 g/mol. The number of hydrogen-bond acceptors (Lipinski definition) is 4. The van der Waals surface area contributed by atoms with Crippen LogP contribution in [0.2, 0.25) is 0 Å². The first-order valence-electron chi connectivity index (χ1n) is 8.40. The molecule has 0 saturated carbocycles. The first-order valence-corrected chi connectivity index (χ1v) is 9.22. The highest BCUT2D eigenvalue weighted by Crippen LogP contribution is 2.24. The highest BCUT2D eigenvalue weighted by atomic mass is 32.1. The van der Waals surface area contributed by atoms with Crippen LogP contribution < -0.4 is 4.74 Å². The minimum Gasteiger partial charge on any atom is -0.486 e. The van der Waals surface area contributed by atoms with E-state index in [2.05, 4.69) is 4.98 Å². The summed E-state index contributed by atoms with van der Waals surface area (Å²) in [6, 6.07) is 5.41. The second-order valence-corrected chi connectivity index (χ2v) is 7.04. The van der Waals surface area contributed by atoms with Crippen molar-refractivity contribution in [2.24, 2.45) is 0 Å². The van der Waals surface area contributed by atoms with Crippen molar-refractivity contribution in [3.63, 3.8) is 0 Å². The van der Waals surface area contributed by atoms with Gasteiger partial charge in [0.2, 0.25) is 0 Å². The van der Waals surface area contributed by atoms with E-state index in [1.54, 1.807) is 6.92 Å². The molecule has 0 bridgehead atoms. The first kappa shape index (κ1) is 21.1. The number of aryl methyl sites for hydroxylation is 1. The molecule has 0 aliphatic carbocycles. The molecule has 0 unspecified atom stereocenters. The van der Waals surface area contributed by atoms with E-state index in [0.717, 1.165) is 16.2 Å². The van der Waals surface area contributed by atoms with Gasteiger partial charge in [0.15, 0.2) is 0 Å². The fourth-order valence-electron chi connectivity index (χ4n) is 2.35. The molecular weight excluding hydrogens is 384 g/mol. The summed E-state index contributed by atoms with van der Waals surface area (Å²) in [5, 5.41) is 0.461. The number of ether oxygens (including phenoxy) is 1. The zero-order valence-corrected chi connectivity index (χ0v) is 15.8. The molecule has 0 spiro atoms. The first-order chi connectivity index (χ1) is 12.7. The summed E-state index contributed by atoms with van der Waals surface area (Å²) in [5.74, 6) is -0.639. The Morgan fingerprint density at radius 1 is 1.26 bits per heavy atom. The smallest absolute Gasteiger partial charge is 0.406 e. The molecule has 0 fully saturated rings. The molecule has 2 rings (SSSR count). The molecule has 1 aromatic carbocycles. The second-order valence-electron chi connectivity index (χ2n) is 5.96. The number of hydrogen-bond donors (Lipinski definition) is 0. The summed E-state index contributed by atoms with van der Waals surface area (Å²) < 4.78 is 56.8. The Hall–Kier alpha value is -2.16. The summed E-state index contributed by atoms with van der Waals surface area (Å²) in [4.78, 5) is 17.8. The van der Waals surface area contributed by atoms with Crippen molar-refractivity contribution >= 4 is 17.2 Å². The van der Waals surface area contributed by atoms with E-state index in [1.165, 1.54) is 24.3 Å². The van der Waals surface area contributed by atoms with Crippen LogP contribution in [-0.4, -0.2) is 35.1 Å². The van der Waals surface area contributed by atoms with Crippen LogP contribution in [0.25, 0.3) is 0 Å². The van der Waals surface area contributed by atoms with E-state index in [9.17, 15) is 22.4 Å². The number of carbonyl (C=O) groups excluding carboxylic acids is 1. The third-order valence-corrected chi connectivity index (χ3v) is 4.77. The molecule has 0 saturated heterocycles. The van der Waals surface area contributed by atoms with Gasteiger partial charge in [-0.05, 0) is 37.6 Å². The fourth-order valence-corrected chi connectivity index (χ4v) is 3.30. The van der Waals surface area contributed by atoms with Crippen molar-refractivity contribution < 1.29 is 27.1 Å². The standard InChI is InChI=1S/C18H20F4N2O2S/c1-3-4-9-24(11-18(20,21)22)17(25)16-12(2)23-15(27-16)10-26-14-7-5-13(19)6-8-14/h5-8H,3-4,9-11H2,1-2H3. The Kier molecular flexibility index (Phi) is 7.18. The highest BCUT2D eigenvalue weighted by Gasteiger charge is 2.34. The summed E-state index contributed by atoms with van der Waals surface area (Å²) in [7, 11) is 0. The molecule has 0 aliphatic rings. The van der Waals surface area contributed by atoms with Crippen molar-refractivity contribution in [3.8, 4) is 5.75 Å². The number of amides is 1. The van der Waals surface area contributed by atoms with Crippen molar-refractivity contribution in [1.29, 1.82) is 0 Å². The molecule has 1 heterocycles. The molecule has 1 amide bonds. The van der Waals surface area contributed by atoms with Gasteiger partial charge in [0, 0.05) is 6.54 Å². The number of thiazole rings is 1. The maximum absolute atomic E-state index is 12.9. The Labute approximate surface area is 158 Å². The van der Waals surface area contributed by atoms with E-state index in [-0.39, 0.29) is 18.0 Å². The Bertz CT molecular complexity index is 760. The van der Waals surface area contributed by atoms with E-state index in [4.69, 9.17) is 4.74 Å². The van der Waals surface area contributed by atoms with Crippen molar-refractivity contribution in [3.05, 3.63) is 45.7 Å². The highest BCUT2D eigenvalue weighted by molar-refractivity contribution is 7.13.